The first-order valence-corrected chi connectivity index (χ1v) is 8.31. The maximum absolute atomic E-state index is 12.1. The van der Waals surface area contributed by atoms with Crippen molar-refractivity contribution >= 4 is 50.2 Å². The summed E-state index contributed by atoms with van der Waals surface area (Å²) in [7, 11) is -3.63. The van der Waals surface area contributed by atoms with Gasteiger partial charge in [-0.3, -0.25) is 0 Å². The fourth-order valence-electron chi connectivity index (χ4n) is 1.31. The lowest BCUT2D eigenvalue weighted by Crippen LogP contribution is -2.46. The lowest BCUT2D eigenvalue weighted by Gasteiger charge is -2.20. The number of halogens is 1. The summed E-state index contributed by atoms with van der Waals surface area (Å²) in [6.07, 6.45) is 0. The molecular weight excluding hydrogens is 312 g/mol. The van der Waals surface area contributed by atoms with Crippen molar-refractivity contribution in [2.24, 2.45) is 11.7 Å². The van der Waals surface area contributed by atoms with Gasteiger partial charge in [-0.05, 0) is 24.5 Å². The van der Waals surface area contributed by atoms with Gasteiger partial charge in [0, 0.05) is 0 Å². The fourth-order valence-corrected chi connectivity index (χ4v) is 4.81. The second-order valence-electron chi connectivity index (χ2n) is 4.27. The zero-order valence-corrected chi connectivity index (χ0v) is 13.4. The molecule has 1 atom stereocenters. The number of sulfonamides is 1. The van der Waals surface area contributed by atoms with Crippen LogP contribution in [0.1, 0.15) is 19.4 Å². The lowest BCUT2D eigenvalue weighted by atomic mass is 10.1. The second kappa shape index (κ2) is 5.83. The monoisotopic (exact) mass is 326 g/mol. The predicted molar refractivity (Wildman–Crippen MR) is 79.8 cm³/mol. The average Bonchev–Trinajstić information content (AvgIpc) is 2.56. The third-order valence-corrected chi connectivity index (χ3v) is 6.08. The van der Waals surface area contributed by atoms with E-state index in [1.54, 1.807) is 6.92 Å². The van der Waals surface area contributed by atoms with Crippen molar-refractivity contribution in [3.05, 3.63) is 16.0 Å². The molecule has 0 aromatic carbocycles. The van der Waals surface area contributed by atoms with E-state index in [2.05, 4.69) is 4.72 Å². The van der Waals surface area contributed by atoms with Crippen molar-refractivity contribution < 1.29 is 8.42 Å². The van der Waals surface area contributed by atoms with E-state index in [4.69, 9.17) is 29.6 Å². The molecule has 0 bridgehead atoms. The van der Waals surface area contributed by atoms with E-state index >= 15 is 0 Å². The molecule has 1 unspecified atom stereocenters. The smallest absolute Gasteiger partial charge is 0.250 e. The normalized spacial score (nSPS) is 13.8. The number of thiocarbonyl (C=S) groups is 1. The number of hydrogen-bond acceptors (Lipinski definition) is 4. The van der Waals surface area contributed by atoms with Crippen LogP contribution in [0.5, 0.6) is 0 Å². The molecule has 0 saturated heterocycles. The molecule has 4 nitrogen and oxygen atoms in total. The van der Waals surface area contributed by atoms with Crippen LogP contribution in [-0.4, -0.2) is 19.4 Å². The van der Waals surface area contributed by atoms with Crippen LogP contribution >= 0.6 is 35.2 Å². The Kier molecular flexibility index (Phi) is 5.13. The number of nitrogens with one attached hydrogen (secondary N) is 1. The van der Waals surface area contributed by atoms with Crippen molar-refractivity contribution in [3.8, 4) is 0 Å². The minimum absolute atomic E-state index is 0.0196. The third-order valence-electron chi connectivity index (χ3n) is 2.35. The molecule has 0 amide bonds. The highest BCUT2D eigenvalue weighted by atomic mass is 35.5. The fraction of sp³-hybridized carbons (Fsp3) is 0.500. The molecule has 1 aromatic rings. The first-order valence-electron chi connectivity index (χ1n) is 5.22. The van der Waals surface area contributed by atoms with Gasteiger partial charge in [0.05, 0.1) is 15.4 Å². The lowest BCUT2D eigenvalue weighted by molar-refractivity contribution is 0.527. The van der Waals surface area contributed by atoms with Gasteiger partial charge in [0.15, 0.2) is 0 Å². The topological polar surface area (TPSA) is 72.2 Å². The van der Waals surface area contributed by atoms with Gasteiger partial charge in [-0.25, -0.2) is 13.1 Å². The molecule has 1 heterocycles. The second-order valence-corrected chi connectivity index (χ2v) is 8.33. The van der Waals surface area contributed by atoms with Gasteiger partial charge in [-0.15, -0.1) is 11.3 Å². The molecule has 0 aliphatic rings. The standard InChI is InChI=1S/C10H15ClN2O2S3/c1-5(2)8(10(12)16)13-18(14,15)7-4-6(3)9(11)17-7/h4-5,8,13H,1-3H3,(H2,12,16). The SMILES string of the molecule is Cc1cc(S(=O)(=O)NC(C(N)=S)C(C)C)sc1Cl. The number of aryl methyl sites for hydroxylation is 1. The first-order chi connectivity index (χ1) is 8.15. The number of nitrogens with two attached hydrogens (primary N) is 1. The Labute approximate surface area is 122 Å². The molecule has 0 aliphatic carbocycles. The van der Waals surface area contributed by atoms with Crippen LogP contribution in [0.2, 0.25) is 4.34 Å². The molecule has 1 rings (SSSR count). The summed E-state index contributed by atoms with van der Waals surface area (Å²) in [6.45, 7) is 5.45. The molecular formula is C10H15ClN2O2S3. The Morgan fingerprint density at radius 3 is 2.44 bits per heavy atom. The van der Waals surface area contributed by atoms with Gasteiger partial charge in [0.2, 0.25) is 0 Å². The first kappa shape index (κ1) is 15.8. The molecule has 0 saturated carbocycles. The molecule has 3 N–H and O–H groups in total. The van der Waals surface area contributed by atoms with E-state index in [1.807, 2.05) is 13.8 Å². The van der Waals surface area contributed by atoms with Gasteiger partial charge >= 0.3 is 0 Å². The Hall–Kier alpha value is -0.210. The summed E-state index contributed by atoms with van der Waals surface area (Å²) in [5, 5.41) is 0. The van der Waals surface area contributed by atoms with Crippen LogP contribution in [0.4, 0.5) is 0 Å². The highest BCUT2D eigenvalue weighted by molar-refractivity contribution is 7.91. The minimum atomic E-state index is -3.63. The van der Waals surface area contributed by atoms with Crippen LogP contribution in [0, 0.1) is 12.8 Å². The quantitative estimate of drug-likeness (QED) is 0.814. The largest absolute Gasteiger partial charge is 0.392 e. The molecule has 1 aromatic heterocycles. The maximum atomic E-state index is 12.1. The van der Waals surface area contributed by atoms with E-state index in [-0.39, 0.29) is 15.1 Å². The van der Waals surface area contributed by atoms with Crippen LogP contribution < -0.4 is 10.5 Å². The summed E-state index contributed by atoms with van der Waals surface area (Å²) >= 11 is 11.8. The molecule has 18 heavy (non-hydrogen) atoms. The zero-order chi connectivity index (χ0) is 14.1. The van der Waals surface area contributed by atoms with Crippen molar-refractivity contribution in [2.45, 2.75) is 31.0 Å². The number of thiophene rings is 1. The average molecular weight is 327 g/mol. The predicted octanol–water partition coefficient (Wildman–Crippen LogP) is 2.30. The van der Waals surface area contributed by atoms with Crippen LogP contribution in [-0.2, 0) is 10.0 Å². The molecule has 0 spiro atoms. The highest BCUT2D eigenvalue weighted by Crippen LogP contribution is 2.30. The third kappa shape index (κ3) is 3.64. The van der Waals surface area contributed by atoms with Crippen molar-refractivity contribution in [1.29, 1.82) is 0 Å². The maximum Gasteiger partial charge on any atom is 0.250 e. The van der Waals surface area contributed by atoms with Crippen molar-refractivity contribution in [3.63, 3.8) is 0 Å². The molecule has 8 heteroatoms. The van der Waals surface area contributed by atoms with Crippen LogP contribution in [0.25, 0.3) is 0 Å². The summed E-state index contributed by atoms with van der Waals surface area (Å²) in [5.41, 5.74) is 6.27. The highest BCUT2D eigenvalue weighted by Gasteiger charge is 2.26. The van der Waals surface area contributed by atoms with Gasteiger partial charge < -0.3 is 5.73 Å². The Balaban J connectivity index is 3.04. The summed E-state index contributed by atoms with van der Waals surface area (Å²) in [4.78, 5) is 0.132. The van der Waals surface area contributed by atoms with Gasteiger partial charge in [0.1, 0.15) is 4.21 Å². The van der Waals surface area contributed by atoms with Gasteiger partial charge in [0.25, 0.3) is 10.0 Å². The Morgan fingerprint density at radius 2 is 2.11 bits per heavy atom. The summed E-state index contributed by atoms with van der Waals surface area (Å²) in [6, 6.07) is 0.970. The summed E-state index contributed by atoms with van der Waals surface area (Å²) < 4.78 is 27.4. The van der Waals surface area contributed by atoms with Crippen molar-refractivity contribution in [1.82, 2.24) is 4.72 Å². The van der Waals surface area contributed by atoms with E-state index in [1.165, 1.54) is 6.07 Å². The molecule has 0 fully saturated rings. The van der Waals surface area contributed by atoms with Crippen LogP contribution in [0.3, 0.4) is 0 Å². The summed E-state index contributed by atoms with van der Waals surface area (Å²) in [5.74, 6) is -0.0196. The number of rotatable bonds is 5. The minimum Gasteiger partial charge on any atom is -0.392 e. The van der Waals surface area contributed by atoms with E-state index < -0.39 is 16.1 Å². The molecule has 102 valence electrons. The van der Waals surface area contributed by atoms with Gasteiger partial charge in [-0.2, -0.15) is 0 Å². The Morgan fingerprint density at radius 1 is 1.56 bits per heavy atom. The van der Waals surface area contributed by atoms with Crippen LogP contribution in [0.15, 0.2) is 10.3 Å². The van der Waals surface area contributed by atoms with Crippen molar-refractivity contribution in [2.75, 3.05) is 0 Å². The van der Waals surface area contributed by atoms with E-state index in [0.29, 0.717) is 4.34 Å². The Bertz CT molecular complexity index is 532. The van der Waals surface area contributed by atoms with Gasteiger partial charge in [-0.1, -0.05) is 37.7 Å². The van der Waals surface area contributed by atoms with E-state index in [0.717, 1.165) is 16.9 Å². The zero-order valence-electron chi connectivity index (χ0n) is 10.2. The molecule has 0 radical (unpaired) electrons. The molecule has 0 aliphatic heterocycles. The number of hydrogen-bond donors (Lipinski definition) is 2. The van der Waals surface area contributed by atoms with E-state index in [9.17, 15) is 8.42 Å².